The average Bonchev–Trinajstić information content (AvgIpc) is 2.54. The van der Waals surface area contributed by atoms with Gasteiger partial charge in [-0.1, -0.05) is 23.9 Å². The van der Waals surface area contributed by atoms with Gasteiger partial charge in [0.05, 0.1) is 5.75 Å². The molecule has 2 rings (SSSR count). The second-order valence-electron chi connectivity index (χ2n) is 7.21. The summed E-state index contributed by atoms with van der Waals surface area (Å²) in [5.41, 5.74) is 1.59. The van der Waals surface area contributed by atoms with Crippen LogP contribution in [-0.4, -0.2) is 26.8 Å². The van der Waals surface area contributed by atoms with Gasteiger partial charge in [0.1, 0.15) is 5.82 Å². The molecule has 140 valence electrons. The fourth-order valence-corrected chi connectivity index (χ4v) is 3.26. The van der Waals surface area contributed by atoms with Crippen LogP contribution in [0.4, 0.5) is 4.39 Å². The molecule has 0 fully saturated rings. The van der Waals surface area contributed by atoms with Crippen molar-refractivity contribution >= 4 is 17.7 Å². The Morgan fingerprint density at radius 1 is 1.27 bits per heavy atom. The van der Waals surface area contributed by atoms with Gasteiger partial charge in [0.15, 0.2) is 5.16 Å². The number of amides is 1. The van der Waals surface area contributed by atoms with Crippen LogP contribution >= 0.6 is 11.8 Å². The Kier molecular flexibility index (Phi) is 6.23. The lowest BCUT2D eigenvalue weighted by Crippen LogP contribution is -2.41. The number of hydrogen-bond donors (Lipinski definition) is 1. The van der Waals surface area contributed by atoms with E-state index in [9.17, 15) is 14.0 Å². The largest absolute Gasteiger partial charge is 0.351 e. The lowest BCUT2D eigenvalue weighted by Gasteiger charge is -2.20. The highest BCUT2D eigenvalue weighted by molar-refractivity contribution is 7.99. The van der Waals surface area contributed by atoms with Crippen LogP contribution in [0.1, 0.15) is 37.6 Å². The standard InChI is InChI=1S/C19H24FN3O2S/c1-12-15(10-13-6-8-14(20)9-7-13)17(25)23(5)18(21-12)26-11-16(24)22-19(2,3)4/h6-9H,10-11H2,1-5H3,(H,22,24). The van der Waals surface area contributed by atoms with Gasteiger partial charge in [-0.3, -0.25) is 14.2 Å². The number of halogens is 1. The fraction of sp³-hybridized carbons (Fsp3) is 0.421. The van der Waals surface area contributed by atoms with E-state index in [4.69, 9.17) is 0 Å². The number of aromatic nitrogens is 2. The first kappa shape index (κ1) is 20.2. The minimum atomic E-state index is -0.309. The summed E-state index contributed by atoms with van der Waals surface area (Å²) in [5.74, 6) is -0.226. The van der Waals surface area contributed by atoms with Gasteiger partial charge >= 0.3 is 0 Å². The van der Waals surface area contributed by atoms with E-state index in [1.54, 1.807) is 26.1 Å². The summed E-state index contributed by atoms with van der Waals surface area (Å²) in [6, 6.07) is 6.07. The molecule has 0 bridgehead atoms. The van der Waals surface area contributed by atoms with Crippen molar-refractivity contribution in [2.75, 3.05) is 5.75 Å². The summed E-state index contributed by atoms with van der Waals surface area (Å²) < 4.78 is 14.5. The molecule has 0 aliphatic carbocycles. The number of aryl methyl sites for hydroxylation is 1. The number of thioether (sulfide) groups is 1. The predicted octanol–water partition coefficient (Wildman–Crippen LogP) is 2.83. The predicted molar refractivity (Wildman–Crippen MR) is 102 cm³/mol. The molecule has 0 aliphatic heterocycles. The molecule has 26 heavy (non-hydrogen) atoms. The molecule has 5 nitrogen and oxygen atoms in total. The maximum absolute atomic E-state index is 13.0. The number of rotatable bonds is 5. The number of nitrogens with one attached hydrogen (secondary N) is 1. The lowest BCUT2D eigenvalue weighted by atomic mass is 10.1. The van der Waals surface area contributed by atoms with Gasteiger partial charge in [-0.05, 0) is 45.4 Å². The van der Waals surface area contributed by atoms with Crippen molar-refractivity contribution < 1.29 is 9.18 Å². The number of nitrogens with zero attached hydrogens (tertiary/aromatic N) is 2. The average molecular weight is 377 g/mol. The molecule has 0 spiro atoms. The second-order valence-corrected chi connectivity index (χ2v) is 8.16. The third-order valence-electron chi connectivity index (χ3n) is 3.69. The summed E-state index contributed by atoms with van der Waals surface area (Å²) in [4.78, 5) is 29.1. The van der Waals surface area contributed by atoms with Crippen LogP contribution in [-0.2, 0) is 18.3 Å². The van der Waals surface area contributed by atoms with Crippen LogP contribution in [0, 0.1) is 12.7 Å². The van der Waals surface area contributed by atoms with Gasteiger partial charge in [0, 0.05) is 30.3 Å². The second kappa shape index (κ2) is 8.03. The molecule has 1 N–H and O–H groups in total. The van der Waals surface area contributed by atoms with Crippen LogP contribution < -0.4 is 10.9 Å². The highest BCUT2D eigenvalue weighted by Gasteiger charge is 2.17. The first-order chi connectivity index (χ1) is 12.1. The summed E-state index contributed by atoms with van der Waals surface area (Å²) in [6.07, 6.45) is 0.390. The zero-order chi connectivity index (χ0) is 19.5. The van der Waals surface area contributed by atoms with Gasteiger partial charge in [-0.15, -0.1) is 0 Å². The smallest absolute Gasteiger partial charge is 0.257 e. The molecule has 2 aromatic rings. The summed E-state index contributed by atoms with van der Waals surface area (Å²) in [7, 11) is 1.65. The molecule has 1 amide bonds. The number of carbonyl (C=O) groups is 1. The monoisotopic (exact) mass is 377 g/mol. The Hall–Kier alpha value is -2.15. The molecule has 0 radical (unpaired) electrons. The maximum Gasteiger partial charge on any atom is 0.257 e. The van der Waals surface area contributed by atoms with E-state index in [0.29, 0.717) is 22.8 Å². The summed E-state index contributed by atoms with van der Waals surface area (Å²) in [6.45, 7) is 7.52. The normalized spacial score (nSPS) is 11.5. The van der Waals surface area contributed by atoms with E-state index in [0.717, 1.165) is 5.56 Å². The van der Waals surface area contributed by atoms with Gasteiger partial charge in [0.25, 0.3) is 5.56 Å². The zero-order valence-electron chi connectivity index (χ0n) is 15.7. The third kappa shape index (κ3) is 5.42. The van der Waals surface area contributed by atoms with E-state index >= 15 is 0 Å². The molecule has 0 saturated carbocycles. The van der Waals surface area contributed by atoms with Crippen molar-refractivity contribution in [2.24, 2.45) is 7.05 Å². The molecule has 7 heteroatoms. The maximum atomic E-state index is 13.0. The molecule has 1 heterocycles. The molecular formula is C19H24FN3O2S. The number of carbonyl (C=O) groups excluding carboxylic acids is 1. The van der Waals surface area contributed by atoms with Crippen LogP contribution in [0.5, 0.6) is 0 Å². The molecule has 0 atom stereocenters. The van der Waals surface area contributed by atoms with Gasteiger partial charge in [0.2, 0.25) is 5.91 Å². The van der Waals surface area contributed by atoms with Crippen molar-refractivity contribution in [1.29, 1.82) is 0 Å². The first-order valence-corrected chi connectivity index (χ1v) is 9.30. The quantitative estimate of drug-likeness (QED) is 0.643. The number of hydrogen-bond acceptors (Lipinski definition) is 4. The molecule has 1 aromatic heterocycles. The van der Waals surface area contributed by atoms with Crippen molar-refractivity contribution in [3.63, 3.8) is 0 Å². The minimum Gasteiger partial charge on any atom is -0.351 e. The summed E-state index contributed by atoms with van der Waals surface area (Å²) >= 11 is 1.23. The van der Waals surface area contributed by atoms with E-state index in [-0.39, 0.29) is 28.6 Å². The van der Waals surface area contributed by atoms with Gasteiger partial charge in [-0.2, -0.15) is 0 Å². The number of benzene rings is 1. The SMILES string of the molecule is Cc1nc(SCC(=O)NC(C)(C)C)n(C)c(=O)c1Cc1ccc(F)cc1. The molecule has 0 unspecified atom stereocenters. The zero-order valence-corrected chi connectivity index (χ0v) is 16.5. The van der Waals surface area contributed by atoms with E-state index < -0.39 is 0 Å². The molecular weight excluding hydrogens is 353 g/mol. The van der Waals surface area contributed by atoms with E-state index in [2.05, 4.69) is 10.3 Å². The van der Waals surface area contributed by atoms with Crippen LogP contribution in [0.2, 0.25) is 0 Å². The van der Waals surface area contributed by atoms with Crippen molar-refractivity contribution in [1.82, 2.24) is 14.9 Å². The van der Waals surface area contributed by atoms with E-state index in [1.165, 1.54) is 28.5 Å². The Balaban J connectivity index is 2.18. The molecule has 0 aliphatic rings. The third-order valence-corrected chi connectivity index (χ3v) is 4.72. The Labute approximate surface area is 157 Å². The van der Waals surface area contributed by atoms with Crippen LogP contribution in [0.25, 0.3) is 0 Å². The summed E-state index contributed by atoms with van der Waals surface area (Å²) in [5, 5.41) is 3.38. The highest BCUT2D eigenvalue weighted by Crippen LogP contribution is 2.17. The van der Waals surface area contributed by atoms with Crippen molar-refractivity contribution in [3.05, 3.63) is 57.3 Å². The fourth-order valence-electron chi connectivity index (χ4n) is 2.45. The van der Waals surface area contributed by atoms with Crippen molar-refractivity contribution in [3.8, 4) is 0 Å². The van der Waals surface area contributed by atoms with Crippen LogP contribution in [0.3, 0.4) is 0 Å². The lowest BCUT2D eigenvalue weighted by molar-refractivity contribution is -0.119. The first-order valence-electron chi connectivity index (χ1n) is 8.31. The molecule has 1 aromatic carbocycles. The van der Waals surface area contributed by atoms with Gasteiger partial charge in [-0.25, -0.2) is 9.37 Å². The van der Waals surface area contributed by atoms with Crippen LogP contribution in [0.15, 0.2) is 34.2 Å². The minimum absolute atomic E-state index is 0.107. The Bertz CT molecular complexity index is 855. The highest BCUT2D eigenvalue weighted by atomic mass is 32.2. The Morgan fingerprint density at radius 3 is 2.46 bits per heavy atom. The van der Waals surface area contributed by atoms with E-state index in [1.807, 2.05) is 20.8 Å². The van der Waals surface area contributed by atoms with Crippen molar-refractivity contribution in [2.45, 2.75) is 44.8 Å². The van der Waals surface area contributed by atoms with Gasteiger partial charge < -0.3 is 5.32 Å². The molecule has 0 saturated heterocycles. The topological polar surface area (TPSA) is 64.0 Å². The Morgan fingerprint density at radius 2 is 1.88 bits per heavy atom.